The zero-order chi connectivity index (χ0) is 37.5. The molecular weight excluding hydrogens is 697 g/mol. The number of furan rings is 1. The van der Waals surface area contributed by atoms with Crippen molar-refractivity contribution in [2.24, 2.45) is 0 Å². The van der Waals surface area contributed by atoms with E-state index in [0.717, 1.165) is 94.1 Å². The molecule has 57 heavy (non-hydrogen) atoms. The molecule has 0 N–H and O–H groups in total. The van der Waals surface area contributed by atoms with E-state index in [0.29, 0.717) is 5.95 Å². The summed E-state index contributed by atoms with van der Waals surface area (Å²) in [6.07, 6.45) is 0. The third-order valence-corrected chi connectivity index (χ3v) is 11.4. The summed E-state index contributed by atoms with van der Waals surface area (Å²) in [6, 6.07) is 68.4. The number of para-hydroxylation sites is 3. The molecular formula is C52H32N4O. The monoisotopic (exact) mass is 728 g/mol. The highest BCUT2D eigenvalue weighted by atomic mass is 16.3. The van der Waals surface area contributed by atoms with E-state index in [1.54, 1.807) is 0 Å². The topological polar surface area (TPSA) is 48.8 Å². The quantitative estimate of drug-likeness (QED) is 0.177. The fourth-order valence-corrected chi connectivity index (χ4v) is 8.70. The summed E-state index contributed by atoms with van der Waals surface area (Å²) in [6.45, 7) is 0. The molecule has 0 amide bonds. The van der Waals surface area contributed by atoms with Gasteiger partial charge in [0, 0.05) is 55.2 Å². The Kier molecular flexibility index (Phi) is 6.86. The van der Waals surface area contributed by atoms with E-state index in [-0.39, 0.29) is 0 Å². The largest absolute Gasteiger partial charge is 0.456 e. The molecule has 12 rings (SSSR count). The van der Waals surface area contributed by atoms with Gasteiger partial charge in [-0.1, -0.05) is 127 Å². The lowest BCUT2D eigenvalue weighted by atomic mass is 10.0. The Hall–Kier alpha value is -7.76. The summed E-state index contributed by atoms with van der Waals surface area (Å²) >= 11 is 0. The van der Waals surface area contributed by atoms with Crippen LogP contribution >= 0.6 is 0 Å². The summed E-state index contributed by atoms with van der Waals surface area (Å²) in [5, 5.41) is 6.98. The number of nitrogens with zero attached hydrogens (tertiary/aromatic N) is 4. The van der Waals surface area contributed by atoms with E-state index < -0.39 is 0 Å². The molecule has 5 heteroatoms. The molecule has 0 fully saturated rings. The number of rotatable bonds is 5. The molecule has 0 aliphatic carbocycles. The maximum absolute atomic E-state index is 6.32. The average molecular weight is 729 g/mol. The van der Waals surface area contributed by atoms with Crippen LogP contribution in [0, 0.1) is 0 Å². The Morgan fingerprint density at radius 2 is 0.807 bits per heavy atom. The highest BCUT2D eigenvalue weighted by molar-refractivity contribution is 6.13. The molecule has 0 aliphatic rings. The standard InChI is InChI=1S/C52H32N4O/c1-3-13-33(14-4-1)44-32-45(34-15-5-2-6-16-34)54-52(53-44)56-47-21-11-8-18-39(47)43-30-36(24-28-49(43)56)35-23-27-48-42(29-35)38-17-7-10-20-46(38)55(48)37-25-26-41-40-19-9-12-22-50(40)57-51(41)31-37/h1-32H. The first-order valence-corrected chi connectivity index (χ1v) is 19.2. The highest BCUT2D eigenvalue weighted by Gasteiger charge is 2.19. The van der Waals surface area contributed by atoms with Gasteiger partial charge < -0.3 is 8.98 Å². The summed E-state index contributed by atoms with van der Waals surface area (Å²) in [4.78, 5) is 10.4. The fraction of sp³-hybridized carbons (Fsp3) is 0. The average Bonchev–Trinajstić information content (AvgIpc) is 3.93. The number of fused-ring (bicyclic) bond motifs is 9. The van der Waals surface area contributed by atoms with Crippen LogP contribution in [0.15, 0.2) is 199 Å². The van der Waals surface area contributed by atoms with Crippen LogP contribution in [0.25, 0.3) is 111 Å². The molecule has 0 radical (unpaired) electrons. The van der Waals surface area contributed by atoms with E-state index in [9.17, 15) is 0 Å². The van der Waals surface area contributed by atoms with E-state index >= 15 is 0 Å². The van der Waals surface area contributed by atoms with Crippen molar-refractivity contribution < 1.29 is 4.42 Å². The van der Waals surface area contributed by atoms with Crippen molar-refractivity contribution in [3.63, 3.8) is 0 Å². The molecule has 4 aromatic heterocycles. The second-order valence-electron chi connectivity index (χ2n) is 14.6. The third-order valence-electron chi connectivity index (χ3n) is 11.4. The van der Waals surface area contributed by atoms with Crippen LogP contribution in [-0.4, -0.2) is 19.1 Å². The van der Waals surface area contributed by atoms with Gasteiger partial charge in [-0.15, -0.1) is 0 Å². The summed E-state index contributed by atoms with van der Waals surface area (Å²) in [5.41, 5.74) is 13.5. The van der Waals surface area contributed by atoms with E-state index in [2.05, 4.69) is 179 Å². The van der Waals surface area contributed by atoms with Crippen molar-refractivity contribution >= 4 is 65.6 Å². The maximum Gasteiger partial charge on any atom is 0.235 e. The van der Waals surface area contributed by atoms with Crippen molar-refractivity contribution in [3.8, 4) is 45.3 Å². The summed E-state index contributed by atoms with van der Waals surface area (Å²) < 4.78 is 10.9. The number of hydrogen-bond acceptors (Lipinski definition) is 3. The van der Waals surface area contributed by atoms with Crippen molar-refractivity contribution in [1.29, 1.82) is 0 Å². The number of aromatic nitrogens is 4. The van der Waals surface area contributed by atoms with Gasteiger partial charge in [-0.3, -0.25) is 4.57 Å². The molecule has 0 saturated heterocycles. The first-order valence-electron chi connectivity index (χ1n) is 19.2. The molecule has 12 aromatic rings. The zero-order valence-corrected chi connectivity index (χ0v) is 30.7. The van der Waals surface area contributed by atoms with Gasteiger partial charge in [0.2, 0.25) is 5.95 Å². The van der Waals surface area contributed by atoms with Crippen molar-refractivity contribution in [2.45, 2.75) is 0 Å². The second kappa shape index (κ2) is 12.4. The molecule has 0 atom stereocenters. The molecule has 8 aromatic carbocycles. The van der Waals surface area contributed by atoms with Crippen LogP contribution in [0.3, 0.4) is 0 Å². The van der Waals surface area contributed by atoms with Crippen LogP contribution in [0.2, 0.25) is 0 Å². The smallest absolute Gasteiger partial charge is 0.235 e. The van der Waals surface area contributed by atoms with Crippen molar-refractivity contribution in [3.05, 3.63) is 194 Å². The zero-order valence-electron chi connectivity index (χ0n) is 30.7. The Labute approximate surface area is 327 Å². The predicted octanol–water partition coefficient (Wildman–Crippen LogP) is 13.6. The van der Waals surface area contributed by atoms with Crippen LogP contribution < -0.4 is 0 Å². The van der Waals surface area contributed by atoms with Crippen LogP contribution in [0.1, 0.15) is 0 Å². The summed E-state index contributed by atoms with van der Waals surface area (Å²) in [5.74, 6) is 0.643. The van der Waals surface area contributed by atoms with Gasteiger partial charge in [0.05, 0.1) is 33.5 Å². The van der Waals surface area contributed by atoms with Gasteiger partial charge in [0.25, 0.3) is 0 Å². The van der Waals surface area contributed by atoms with Gasteiger partial charge in [-0.25, -0.2) is 9.97 Å². The highest BCUT2D eigenvalue weighted by Crippen LogP contribution is 2.39. The Balaban J connectivity index is 1.02. The first-order chi connectivity index (χ1) is 28.2. The van der Waals surface area contributed by atoms with Crippen molar-refractivity contribution in [2.75, 3.05) is 0 Å². The van der Waals surface area contributed by atoms with E-state index in [1.807, 2.05) is 24.3 Å². The van der Waals surface area contributed by atoms with Gasteiger partial charge >= 0.3 is 0 Å². The summed E-state index contributed by atoms with van der Waals surface area (Å²) in [7, 11) is 0. The van der Waals surface area contributed by atoms with E-state index in [4.69, 9.17) is 14.4 Å². The molecule has 0 spiro atoms. The van der Waals surface area contributed by atoms with Gasteiger partial charge in [0.1, 0.15) is 11.2 Å². The van der Waals surface area contributed by atoms with Gasteiger partial charge in [-0.2, -0.15) is 0 Å². The minimum Gasteiger partial charge on any atom is -0.456 e. The van der Waals surface area contributed by atoms with Crippen LogP contribution in [0.4, 0.5) is 0 Å². The Morgan fingerprint density at radius 3 is 1.44 bits per heavy atom. The molecule has 0 bridgehead atoms. The van der Waals surface area contributed by atoms with Crippen LogP contribution in [0.5, 0.6) is 0 Å². The molecule has 0 saturated carbocycles. The fourth-order valence-electron chi connectivity index (χ4n) is 8.70. The molecule has 0 aliphatic heterocycles. The molecule has 4 heterocycles. The lowest BCUT2D eigenvalue weighted by Gasteiger charge is -2.12. The maximum atomic E-state index is 6.32. The number of hydrogen-bond donors (Lipinski definition) is 0. The minimum atomic E-state index is 0.643. The normalized spacial score (nSPS) is 11.9. The Bertz CT molecular complexity index is 3460. The first kappa shape index (κ1) is 31.6. The molecule has 266 valence electrons. The second-order valence-corrected chi connectivity index (χ2v) is 14.6. The molecule has 0 unspecified atom stereocenters. The SMILES string of the molecule is c1ccc(-c2cc(-c3ccccc3)nc(-n3c4ccccc4c4cc(-c5ccc6c(c5)c5ccccc5n6-c5ccc6c(c5)oc5ccccc56)ccc43)n2)cc1. The lowest BCUT2D eigenvalue weighted by Crippen LogP contribution is -2.03. The van der Waals surface area contributed by atoms with Gasteiger partial charge in [0.15, 0.2) is 0 Å². The lowest BCUT2D eigenvalue weighted by molar-refractivity contribution is 0.668. The molecule has 5 nitrogen and oxygen atoms in total. The van der Waals surface area contributed by atoms with Crippen molar-refractivity contribution in [1.82, 2.24) is 19.1 Å². The predicted molar refractivity (Wildman–Crippen MR) is 234 cm³/mol. The van der Waals surface area contributed by atoms with Gasteiger partial charge in [-0.05, 0) is 71.8 Å². The minimum absolute atomic E-state index is 0.643. The Morgan fingerprint density at radius 1 is 0.316 bits per heavy atom. The van der Waals surface area contributed by atoms with E-state index in [1.165, 1.54) is 10.8 Å². The van der Waals surface area contributed by atoms with Crippen LogP contribution in [-0.2, 0) is 0 Å². The number of benzene rings is 8. The third kappa shape index (κ3) is 4.96.